The fraction of sp³-hybridized carbons (Fsp3) is 0.148. The lowest BCUT2D eigenvalue weighted by atomic mass is 10.00. The van der Waals surface area contributed by atoms with E-state index in [4.69, 9.17) is 0 Å². The summed E-state index contributed by atoms with van der Waals surface area (Å²) in [6.45, 7) is 1.69. The summed E-state index contributed by atoms with van der Waals surface area (Å²) in [6.07, 6.45) is 5.08. The predicted octanol–water partition coefficient (Wildman–Crippen LogP) is 4.10. The normalized spacial score (nSPS) is 11.7. The van der Waals surface area contributed by atoms with E-state index < -0.39 is 17.4 Å². The van der Waals surface area contributed by atoms with E-state index in [1.165, 1.54) is 30.5 Å². The third-order valence-electron chi connectivity index (χ3n) is 5.76. The maximum atomic E-state index is 13.2. The summed E-state index contributed by atoms with van der Waals surface area (Å²) < 4.78 is 14.0. The highest BCUT2D eigenvalue weighted by atomic mass is 79.9. The lowest BCUT2D eigenvalue weighted by molar-refractivity contribution is -0.117. The van der Waals surface area contributed by atoms with Crippen LogP contribution in [0.3, 0.4) is 0 Å². The van der Waals surface area contributed by atoms with E-state index in [1.807, 2.05) is 6.07 Å². The molecule has 4 aromatic rings. The summed E-state index contributed by atoms with van der Waals surface area (Å²) in [5.74, 6) is -1.01. The van der Waals surface area contributed by atoms with Gasteiger partial charge in [-0.15, -0.1) is 0 Å². The fourth-order valence-corrected chi connectivity index (χ4v) is 3.94. The number of carbonyl (C=O) groups excluding carboxylic acids is 2. The van der Waals surface area contributed by atoms with Crippen molar-refractivity contribution in [2.45, 2.75) is 19.4 Å². The van der Waals surface area contributed by atoms with Crippen LogP contribution >= 0.6 is 15.9 Å². The van der Waals surface area contributed by atoms with Crippen LogP contribution in [0.1, 0.15) is 34.1 Å². The van der Waals surface area contributed by atoms with Crippen molar-refractivity contribution in [3.05, 3.63) is 110 Å². The molecule has 0 bridgehead atoms. The predicted molar refractivity (Wildman–Crippen MR) is 142 cm³/mol. The van der Waals surface area contributed by atoms with Gasteiger partial charge < -0.3 is 15.6 Å². The molecule has 1 aromatic carbocycles. The van der Waals surface area contributed by atoms with Crippen molar-refractivity contribution in [1.82, 2.24) is 20.3 Å². The quantitative estimate of drug-likeness (QED) is 0.278. The summed E-state index contributed by atoms with van der Waals surface area (Å²) in [4.78, 5) is 49.2. The van der Waals surface area contributed by atoms with E-state index in [0.29, 0.717) is 39.0 Å². The zero-order valence-corrected chi connectivity index (χ0v) is 21.6. The number of benzene rings is 1. The summed E-state index contributed by atoms with van der Waals surface area (Å²) >= 11 is 3.43. The summed E-state index contributed by atoms with van der Waals surface area (Å²) in [5.41, 5.74) is 2.97. The van der Waals surface area contributed by atoms with Crippen LogP contribution in [0.4, 0.5) is 10.1 Å². The number of anilines is 1. The number of H-pyrrole nitrogens is 1. The Morgan fingerprint density at radius 3 is 2.51 bits per heavy atom. The Bertz CT molecular complexity index is 1520. The number of halogens is 2. The number of ketones is 1. The van der Waals surface area contributed by atoms with E-state index >= 15 is 0 Å². The Morgan fingerprint density at radius 1 is 1.05 bits per heavy atom. The molecule has 0 saturated heterocycles. The van der Waals surface area contributed by atoms with Crippen LogP contribution in [-0.4, -0.2) is 39.7 Å². The number of pyridine rings is 3. The molecular formula is C27H23BrFN5O3. The number of aromatic amines is 1. The average molecular weight is 564 g/mol. The molecule has 3 aromatic heterocycles. The van der Waals surface area contributed by atoms with E-state index in [1.54, 1.807) is 44.6 Å². The molecule has 0 saturated carbocycles. The van der Waals surface area contributed by atoms with Crippen molar-refractivity contribution in [2.24, 2.45) is 0 Å². The minimum Gasteiger partial charge on any atom is -0.320 e. The van der Waals surface area contributed by atoms with Crippen molar-refractivity contribution in [3.63, 3.8) is 0 Å². The van der Waals surface area contributed by atoms with Crippen molar-refractivity contribution >= 4 is 33.3 Å². The van der Waals surface area contributed by atoms with Crippen molar-refractivity contribution < 1.29 is 14.0 Å². The molecule has 0 fully saturated rings. The van der Waals surface area contributed by atoms with Gasteiger partial charge in [0.15, 0.2) is 5.78 Å². The van der Waals surface area contributed by atoms with Crippen LogP contribution in [-0.2, 0) is 11.2 Å². The molecule has 0 aliphatic heterocycles. The summed E-state index contributed by atoms with van der Waals surface area (Å²) in [6, 6.07) is 11.7. The first-order chi connectivity index (χ1) is 17.7. The zero-order chi connectivity index (χ0) is 26.5. The van der Waals surface area contributed by atoms with E-state index in [9.17, 15) is 18.8 Å². The minimum absolute atomic E-state index is 0.136. The molecule has 1 atom stereocenters. The highest BCUT2D eigenvalue weighted by Crippen LogP contribution is 2.26. The standard InChI is InChI=1S/C27H23BrFN5O3/c1-15(30-2)26(36)34-23-8-7-22(33-27(23)37)21-11-19(28)14-32-24(21)10-16-9-18(13-31-12-16)25(35)17-3-5-20(29)6-4-17/h3-9,11-15,30H,10H2,1-2H3,(H,33,37)(H,34,36)/t15-/m0/s1. The van der Waals surface area contributed by atoms with Crippen LogP contribution in [0.2, 0.25) is 0 Å². The van der Waals surface area contributed by atoms with Gasteiger partial charge in [-0.3, -0.25) is 24.4 Å². The van der Waals surface area contributed by atoms with Crippen molar-refractivity contribution in [3.8, 4) is 11.3 Å². The number of amides is 1. The number of nitrogens with zero attached hydrogens (tertiary/aromatic N) is 2. The average Bonchev–Trinajstić information content (AvgIpc) is 2.90. The molecule has 0 aliphatic rings. The van der Waals surface area contributed by atoms with Crippen molar-refractivity contribution in [2.75, 3.05) is 12.4 Å². The third kappa shape index (κ3) is 6.22. The molecule has 3 N–H and O–H groups in total. The highest BCUT2D eigenvalue weighted by Gasteiger charge is 2.16. The summed E-state index contributed by atoms with van der Waals surface area (Å²) in [5, 5.41) is 5.43. The molecule has 0 radical (unpaired) electrons. The first-order valence-corrected chi connectivity index (χ1v) is 12.1. The topological polar surface area (TPSA) is 117 Å². The van der Waals surface area contributed by atoms with Crippen LogP contribution in [0.25, 0.3) is 11.3 Å². The van der Waals surface area contributed by atoms with Crippen LogP contribution in [0, 0.1) is 5.82 Å². The van der Waals surface area contributed by atoms with Crippen molar-refractivity contribution in [1.29, 1.82) is 0 Å². The van der Waals surface area contributed by atoms with Gasteiger partial charge in [0.05, 0.1) is 17.4 Å². The molecule has 0 spiro atoms. The molecule has 8 nitrogen and oxygen atoms in total. The Balaban J connectivity index is 1.62. The first kappa shape index (κ1) is 26.1. The first-order valence-electron chi connectivity index (χ1n) is 11.4. The van der Waals surface area contributed by atoms with Gasteiger partial charge in [-0.05, 0) is 84.0 Å². The van der Waals surface area contributed by atoms with Gasteiger partial charge in [0.2, 0.25) is 5.91 Å². The second-order valence-corrected chi connectivity index (χ2v) is 9.27. The van der Waals surface area contributed by atoms with Gasteiger partial charge in [0.1, 0.15) is 11.5 Å². The molecule has 0 aliphatic carbocycles. The number of aromatic nitrogens is 3. The van der Waals surface area contributed by atoms with Gasteiger partial charge in [0, 0.05) is 46.2 Å². The van der Waals surface area contributed by atoms with Crippen LogP contribution in [0.15, 0.2) is 76.4 Å². The third-order valence-corrected chi connectivity index (χ3v) is 6.19. The number of rotatable bonds is 8. The van der Waals surface area contributed by atoms with E-state index in [0.717, 1.165) is 5.56 Å². The highest BCUT2D eigenvalue weighted by molar-refractivity contribution is 9.10. The SMILES string of the molecule is CN[C@@H](C)C(=O)Nc1ccc(-c2cc(Br)cnc2Cc2cncc(C(=O)c3ccc(F)cc3)c2)[nH]c1=O. The maximum Gasteiger partial charge on any atom is 0.272 e. The fourth-order valence-electron chi connectivity index (χ4n) is 3.61. The lowest BCUT2D eigenvalue weighted by Crippen LogP contribution is -2.36. The molecule has 37 heavy (non-hydrogen) atoms. The molecule has 0 unspecified atom stereocenters. The molecule has 10 heteroatoms. The molecular weight excluding hydrogens is 541 g/mol. The minimum atomic E-state index is -0.459. The Morgan fingerprint density at radius 2 is 1.81 bits per heavy atom. The smallest absolute Gasteiger partial charge is 0.272 e. The van der Waals surface area contributed by atoms with Gasteiger partial charge in [-0.1, -0.05) is 0 Å². The van der Waals surface area contributed by atoms with Gasteiger partial charge >= 0.3 is 0 Å². The zero-order valence-electron chi connectivity index (χ0n) is 20.0. The lowest BCUT2D eigenvalue weighted by Gasteiger charge is -2.13. The monoisotopic (exact) mass is 563 g/mol. The largest absolute Gasteiger partial charge is 0.320 e. The van der Waals surface area contributed by atoms with Crippen LogP contribution < -0.4 is 16.2 Å². The van der Waals surface area contributed by atoms with E-state index in [2.05, 4.69) is 41.5 Å². The Hall–Kier alpha value is -4.02. The second-order valence-electron chi connectivity index (χ2n) is 8.36. The Labute approximate surface area is 220 Å². The van der Waals surface area contributed by atoms with Gasteiger partial charge in [0.25, 0.3) is 5.56 Å². The number of hydrogen-bond acceptors (Lipinski definition) is 6. The molecule has 3 heterocycles. The van der Waals surface area contributed by atoms with Gasteiger partial charge in [-0.2, -0.15) is 0 Å². The van der Waals surface area contributed by atoms with Gasteiger partial charge in [-0.25, -0.2) is 4.39 Å². The molecule has 1 amide bonds. The molecule has 188 valence electrons. The number of carbonyl (C=O) groups is 2. The summed E-state index contributed by atoms with van der Waals surface area (Å²) in [7, 11) is 1.66. The number of hydrogen-bond donors (Lipinski definition) is 3. The van der Waals surface area contributed by atoms with Crippen LogP contribution in [0.5, 0.6) is 0 Å². The maximum absolute atomic E-state index is 13.2. The Kier molecular flexibility index (Phi) is 8.00. The second kappa shape index (κ2) is 11.4. The number of likely N-dealkylation sites (N-methyl/N-ethyl adjacent to an activating group) is 1. The van der Waals surface area contributed by atoms with E-state index in [-0.39, 0.29) is 17.4 Å². The molecule has 4 rings (SSSR count). The number of nitrogens with one attached hydrogen (secondary N) is 3.